The first-order chi connectivity index (χ1) is 11.0. The van der Waals surface area contributed by atoms with Crippen LogP contribution >= 0.6 is 11.6 Å². The van der Waals surface area contributed by atoms with Gasteiger partial charge in [0.05, 0.1) is 6.21 Å². The van der Waals surface area contributed by atoms with Crippen LogP contribution in [0.2, 0.25) is 5.02 Å². The van der Waals surface area contributed by atoms with Crippen LogP contribution in [0.3, 0.4) is 0 Å². The minimum Gasteiger partial charge on any atom is -0.507 e. The van der Waals surface area contributed by atoms with Gasteiger partial charge in [-0.1, -0.05) is 11.6 Å². The normalized spacial score (nSPS) is 10.5. The average molecular weight is 336 g/mol. The number of phenolic OH excluding ortho intramolecular Hbond substituents is 1. The first-order valence-electron chi connectivity index (χ1n) is 6.34. The number of benzene rings is 2. The van der Waals surface area contributed by atoms with Crippen LogP contribution in [0.5, 0.6) is 5.75 Å². The summed E-state index contributed by atoms with van der Waals surface area (Å²) >= 11 is 5.76. The van der Waals surface area contributed by atoms with E-state index in [0.29, 0.717) is 5.02 Å². The van der Waals surface area contributed by atoms with Gasteiger partial charge in [0.15, 0.2) is 0 Å². The van der Waals surface area contributed by atoms with Gasteiger partial charge in [-0.15, -0.1) is 0 Å². The number of anilines is 1. The molecule has 23 heavy (non-hydrogen) atoms. The number of carbonyl (C=O) groups is 2. The summed E-state index contributed by atoms with van der Waals surface area (Å²) in [5, 5.41) is 15.8. The molecular formula is C15H11ClFN3O3. The third-order valence-corrected chi connectivity index (χ3v) is 2.90. The molecule has 0 aliphatic carbocycles. The third kappa shape index (κ3) is 4.79. The van der Waals surface area contributed by atoms with E-state index in [9.17, 15) is 19.1 Å². The Hall–Kier alpha value is -2.93. The summed E-state index contributed by atoms with van der Waals surface area (Å²) in [6.45, 7) is 0. The number of aromatic hydroxyl groups is 1. The monoisotopic (exact) mass is 335 g/mol. The van der Waals surface area contributed by atoms with Crippen LogP contribution in [0, 0.1) is 5.82 Å². The lowest BCUT2D eigenvalue weighted by atomic mass is 10.2. The zero-order chi connectivity index (χ0) is 16.8. The zero-order valence-corrected chi connectivity index (χ0v) is 12.3. The highest BCUT2D eigenvalue weighted by atomic mass is 35.5. The second-order valence-corrected chi connectivity index (χ2v) is 4.80. The predicted octanol–water partition coefficient (Wildman–Crippen LogP) is 2.27. The van der Waals surface area contributed by atoms with E-state index in [1.807, 2.05) is 5.43 Å². The van der Waals surface area contributed by atoms with Crippen LogP contribution in [-0.2, 0) is 9.59 Å². The quantitative estimate of drug-likeness (QED) is 0.456. The molecule has 0 saturated carbocycles. The third-order valence-electron chi connectivity index (χ3n) is 2.67. The molecule has 2 rings (SSSR count). The Morgan fingerprint density at radius 1 is 1.13 bits per heavy atom. The highest BCUT2D eigenvalue weighted by Crippen LogP contribution is 2.19. The van der Waals surface area contributed by atoms with Crippen LogP contribution < -0.4 is 10.7 Å². The lowest BCUT2D eigenvalue weighted by Crippen LogP contribution is -2.32. The standard InChI is InChI=1S/C15H11ClFN3O3/c16-10-1-6-13(21)9(7-10)8-18-20-15(23)14(22)19-12-4-2-11(17)3-5-12/h1-8,21H,(H,19,22)(H,20,23). The van der Waals surface area contributed by atoms with Gasteiger partial charge in [-0.25, -0.2) is 9.82 Å². The first-order valence-corrected chi connectivity index (χ1v) is 6.72. The van der Waals surface area contributed by atoms with E-state index >= 15 is 0 Å². The second kappa shape index (κ2) is 7.37. The van der Waals surface area contributed by atoms with E-state index in [0.717, 1.165) is 18.3 Å². The van der Waals surface area contributed by atoms with Gasteiger partial charge in [0, 0.05) is 16.3 Å². The van der Waals surface area contributed by atoms with Crippen molar-refractivity contribution in [1.82, 2.24) is 5.43 Å². The van der Waals surface area contributed by atoms with Gasteiger partial charge in [-0.05, 0) is 42.5 Å². The maximum absolute atomic E-state index is 12.7. The van der Waals surface area contributed by atoms with Crippen molar-refractivity contribution in [2.45, 2.75) is 0 Å². The molecular weight excluding hydrogens is 325 g/mol. The van der Waals surface area contributed by atoms with Gasteiger partial charge >= 0.3 is 11.8 Å². The summed E-state index contributed by atoms with van der Waals surface area (Å²) in [6.07, 6.45) is 1.14. The van der Waals surface area contributed by atoms with E-state index in [2.05, 4.69) is 10.4 Å². The number of phenols is 1. The van der Waals surface area contributed by atoms with Crippen molar-refractivity contribution < 1.29 is 19.1 Å². The molecule has 0 heterocycles. The molecule has 0 aromatic heterocycles. The molecule has 0 unspecified atom stereocenters. The smallest absolute Gasteiger partial charge is 0.329 e. The Morgan fingerprint density at radius 2 is 1.83 bits per heavy atom. The summed E-state index contributed by atoms with van der Waals surface area (Å²) < 4.78 is 12.7. The molecule has 0 bridgehead atoms. The summed E-state index contributed by atoms with van der Waals surface area (Å²) in [6, 6.07) is 9.21. The van der Waals surface area contributed by atoms with Crippen LogP contribution in [0.4, 0.5) is 10.1 Å². The zero-order valence-electron chi connectivity index (χ0n) is 11.6. The Labute approximate surface area is 135 Å². The predicted molar refractivity (Wildman–Crippen MR) is 83.9 cm³/mol. The molecule has 0 radical (unpaired) electrons. The van der Waals surface area contributed by atoms with Crippen molar-refractivity contribution >= 4 is 35.3 Å². The lowest BCUT2D eigenvalue weighted by Gasteiger charge is -2.03. The molecule has 0 fully saturated rings. The van der Waals surface area contributed by atoms with E-state index in [-0.39, 0.29) is 17.0 Å². The molecule has 6 nitrogen and oxygen atoms in total. The minimum atomic E-state index is -1.02. The van der Waals surface area contributed by atoms with Gasteiger partial charge in [0.2, 0.25) is 0 Å². The molecule has 0 aliphatic heterocycles. The van der Waals surface area contributed by atoms with Crippen LogP contribution in [0.1, 0.15) is 5.56 Å². The summed E-state index contributed by atoms with van der Waals surface area (Å²) in [5.74, 6) is -2.53. The number of rotatable bonds is 3. The van der Waals surface area contributed by atoms with E-state index < -0.39 is 17.6 Å². The largest absolute Gasteiger partial charge is 0.507 e. The summed E-state index contributed by atoms with van der Waals surface area (Å²) in [5.41, 5.74) is 2.54. The van der Waals surface area contributed by atoms with Gasteiger partial charge in [0.25, 0.3) is 0 Å². The first kappa shape index (κ1) is 16.4. The Morgan fingerprint density at radius 3 is 2.52 bits per heavy atom. The minimum absolute atomic E-state index is 0.0804. The number of hydrogen-bond acceptors (Lipinski definition) is 4. The number of halogens is 2. The van der Waals surface area contributed by atoms with Crippen molar-refractivity contribution in [3.8, 4) is 5.75 Å². The van der Waals surface area contributed by atoms with Gasteiger partial charge < -0.3 is 10.4 Å². The Balaban J connectivity index is 1.93. The molecule has 2 amide bonds. The molecule has 2 aromatic carbocycles. The van der Waals surface area contributed by atoms with Crippen molar-refractivity contribution in [2.24, 2.45) is 5.10 Å². The Bertz CT molecular complexity index is 763. The lowest BCUT2D eigenvalue weighted by molar-refractivity contribution is -0.136. The van der Waals surface area contributed by atoms with Crippen molar-refractivity contribution in [2.75, 3.05) is 5.32 Å². The molecule has 3 N–H and O–H groups in total. The molecule has 0 saturated heterocycles. The number of carbonyl (C=O) groups excluding carboxylic acids is 2. The molecule has 0 spiro atoms. The van der Waals surface area contributed by atoms with Crippen LogP contribution in [-0.4, -0.2) is 23.1 Å². The van der Waals surface area contributed by atoms with Crippen molar-refractivity contribution in [1.29, 1.82) is 0 Å². The van der Waals surface area contributed by atoms with E-state index in [1.54, 1.807) is 0 Å². The van der Waals surface area contributed by atoms with E-state index in [1.165, 1.54) is 30.3 Å². The van der Waals surface area contributed by atoms with Gasteiger partial charge in [0.1, 0.15) is 11.6 Å². The molecule has 2 aromatic rings. The van der Waals surface area contributed by atoms with Crippen LogP contribution in [0.25, 0.3) is 0 Å². The topological polar surface area (TPSA) is 90.8 Å². The highest BCUT2D eigenvalue weighted by Gasteiger charge is 2.12. The number of nitrogens with one attached hydrogen (secondary N) is 2. The number of hydrogen-bond donors (Lipinski definition) is 3. The fourth-order valence-electron chi connectivity index (χ4n) is 1.56. The van der Waals surface area contributed by atoms with Crippen molar-refractivity contribution in [3.63, 3.8) is 0 Å². The second-order valence-electron chi connectivity index (χ2n) is 4.36. The van der Waals surface area contributed by atoms with Crippen molar-refractivity contribution in [3.05, 3.63) is 58.9 Å². The number of hydrazone groups is 1. The maximum Gasteiger partial charge on any atom is 0.329 e. The van der Waals surface area contributed by atoms with Gasteiger partial charge in [-0.2, -0.15) is 5.10 Å². The van der Waals surface area contributed by atoms with Crippen LogP contribution in [0.15, 0.2) is 47.6 Å². The SMILES string of the molecule is O=C(NN=Cc1cc(Cl)ccc1O)C(=O)Nc1ccc(F)cc1. The molecule has 8 heteroatoms. The summed E-state index contributed by atoms with van der Waals surface area (Å²) in [4.78, 5) is 23.2. The average Bonchev–Trinajstić information content (AvgIpc) is 2.52. The highest BCUT2D eigenvalue weighted by molar-refractivity contribution is 6.39. The fourth-order valence-corrected chi connectivity index (χ4v) is 1.74. The number of amides is 2. The number of nitrogens with zero attached hydrogens (tertiary/aromatic N) is 1. The molecule has 0 atom stereocenters. The Kier molecular flexibility index (Phi) is 5.27. The fraction of sp³-hybridized carbons (Fsp3) is 0. The molecule has 118 valence electrons. The van der Waals surface area contributed by atoms with E-state index in [4.69, 9.17) is 11.6 Å². The summed E-state index contributed by atoms with van der Waals surface area (Å²) in [7, 11) is 0. The maximum atomic E-state index is 12.7. The molecule has 0 aliphatic rings. The van der Waals surface area contributed by atoms with Gasteiger partial charge in [-0.3, -0.25) is 9.59 Å².